The van der Waals surface area contributed by atoms with Crippen molar-refractivity contribution in [3.05, 3.63) is 28.8 Å². The minimum atomic E-state index is -0.453. The molecule has 19 heavy (non-hydrogen) atoms. The highest BCUT2D eigenvalue weighted by Gasteiger charge is 2.44. The lowest BCUT2D eigenvalue weighted by molar-refractivity contribution is -0.122. The minimum absolute atomic E-state index is 0.0194. The van der Waals surface area contributed by atoms with E-state index in [9.17, 15) is 4.79 Å². The number of nitrogens with zero attached hydrogens (tertiary/aromatic N) is 1. The van der Waals surface area contributed by atoms with Crippen LogP contribution in [-0.2, 0) is 4.79 Å². The average molecular weight is 297 g/mol. The van der Waals surface area contributed by atoms with E-state index in [4.69, 9.17) is 11.6 Å². The van der Waals surface area contributed by atoms with Gasteiger partial charge >= 0.3 is 0 Å². The molecule has 0 aliphatic carbocycles. The summed E-state index contributed by atoms with van der Waals surface area (Å²) in [6.45, 7) is 7.95. The number of hydrogen-bond acceptors (Lipinski definition) is 3. The first kappa shape index (κ1) is 14.4. The third-order valence-electron chi connectivity index (χ3n) is 3.54. The number of thioether (sulfide) groups is 1. The molecule has 1 aliphatic heterocycles. The molecule has 2 rings (SSSR count). The Morgan fingerprint density at radius 1 is 1.42 bits per heavy atom. The summed E-state index contributed by atoms with van der Waals surface area (Å²) in [5.74, 6) is 0.261. The summed E-state index contributed by atoms with van der Waals surface area (Å²) in [5, 5.41) is 4.18. The van der Waals surface area contributed by atoms with Crippen LogP contribution in [0.1, 0.15) is 26.3 Å². The molecule has 102 valence electrons. The van der Waals surface area contributed by atoms with Crippen molar-refractivity contribution in [2.45, 2.75) is 32.4 Å². The van der Waals surface area contributed by atoms with Crippen LogP contribution in [-0.4, -0.2) is 15.8 Å². The van der Waals surface area contributed by atoms with E-state index in [1.807, 2.05) is 45.9 Å². The van der Waals surface area contributed by atoms with E-state index in [-0.39, 0.29) is 11.8 Å². The third-order valence-corrected chi connectivity index (χ3v) is 5.42. The van der Waals surface area contributed by atoms with E-state index >= 15 is 0 Å². The lowest BCUT2D eigenvalue weighted by Gasteiger charge is -2.22. The Morgan fingerprint density at radius 3 is 2.68 bits per heavy atom. The SMILES string of the molecule is Cc1c(Cl)cccc1N=C1NC(=O)C(C)(C(C)C)S1. The number of aliphatic imine (C=N–C) groups is 1. The summed E-state index contributed by atoms with van der Waals surface area (Å²) in [6, 6.07) is 5.59. The molecule has 1 N–H and O–H groups in total. The van der Waals surface area contributed by atoms with Gasteiger partial charge in [0, 0.05) is 5.02 Å². The van der Waals surface area contributed by atoms with Crippen LogP contribution in [0.15, 0.2) is 23.2 Å². The van der Waals surface area contributed by atoms with E-state index in [1.165, 1.54) is 11.8 Å². The normalized spacial score (nSPS) is 25.2. The van der Waals surface area contributed by atoms with E-state index in [2.05, 4.69) is 10.3 Å². The van der Waals surface area contributed by atoms with Crippen molar-refractivity contribution in [1.29, 1.82) is 0 Å². The Kier molecular flexibility index (Phi) is 3.92. The molecule has 0 aromatic heterocycles. The number of benzene rings is 1. The molecule has 0 spiro atoms. The molecule has 0 saturated carbocycles. The van der Waals surface area contributed by atoms with Crippen LogP contribution in [0.4, 0.5) is 5.69 Å². The smallest absolute Gasteiger partial charge is 0.242 e. The van der Waals surface area contributed by atoms with Gasteiger partial charge in [0.25, 0.3) is 0 Å². The van der Waals surface area contributed by atoms with Gasteiger partial charge in [-0.05, 0) is 37.5 Å². The van der Waals surface area contributed by atoms with Crippen LogP contribution in [0, 0.1) is 12.8 Å². The first-order chi connectivity index (χ1) is 8.84. The Bertz CT molecular complexity index is 556. The molecular weight excluding hydrogens is 280 g/mol. The van der Waals surface area contributed by atoms with Crippen LogP contribution in [0.3, 0.4) is 0 Å². The molecule has 5 heteroatoms. The van der Waals surface area contributed by atoms with Crippen molar-refractivity contribution in [3.63, 3.8) is 0 Å². The maximum Gasteiger partial charge on any atom is 0.242 e. The first-order valence-electron chi connectivity index (χ1n) is 6.19. The van der Waals surface area contributed by atoms with Crippen LogP contribution in [0.5, 0.6) is 0 Å². The van der Waals surface area contributed by atoms with Gasteiger partial charge in [-0.25, -0.2) is 4.99 Å². The summed E-state index contributed by atoms with van der Waals surface area (Å²) >= 11 is 7.56. The number of nitrogens with one attached hydrogen (secondary N) is 1. The summed E-state index contributed by atoms with van der Waals surface area (Å²) < 4.78 is -0.453. The quantitative estimate of drug-likeness (QED) is 0.899. The number of rotatable bonds is 2. The molecule has 1 aliphatic rings. The maximum absolute atomic E-state index is 12.1. The van der Waals surface area contributed by atoms with E-state index < -0.39 is 4.75 Å². The van der Waals surface area contributed by atoms with Gasteiger partial charge in [-0.3, -0.25) is 4.79 Å². The van der Waals surface area contributed by atoms with Crippen molar-refractivity contribution in [2.24, 2.45) is 10.9 Å². The van der Waals surface area contributed by atoms with Gasteiger partial charge < -0.3 is 5.32 Å². The van der Waals surface area contributed by atoms with Gasteiger partial charge in [-0.2, -0.15) is 0 Å². The Balaban J connectivity index is 2.32. The number of hydrogen-bond donors (Lipinski definition) is 1. The molecule has 1 heterocycles. The summed E-state index contributed by atoms with van der Waals surface area (Å²) in [4.78, 5) is 16.6. The minimum Gasteiger partial charge on any atom is -0.304 e. The summed E-state index contributed by atoms with van der Waals surface area (Å²) in [5.41, 5.74) is 1.72. The largest absolute Gasteiger partial charge is 0.304 e. The molecule has 1 amide bonds. The Morgan fingerprint density at radius 2 is 2.11 bits per heavy atom. The lowest BCUT2D eigenvalue weighted by atomic mass is 9.96. The zero-order valence-corrected chi connectivity index (χ0v) is 13.0. The van der Waals surface area contributed by atoms with Crippen molar-refractivity contribution in [3.8, 4) is 0 Å². The van der Waals surface area contributed by atoms with Gasteiger partial charge in [0.05, 0.1) is 5.69 Å². The van der Waals surface area contributed by atoms with Gasteiger partial charge in [-0.15, -0.1) is 0 Å². The second-order valence-electron chi connectivity index (χ2n) is 5.12. The van der Waals surface area contributed by atoms with E-state index in [1.54, 1.807) is 0 Å². The highest BCUT2D eigenvalue weighted by molar-refractivity contribution is 8.16. The maximum atomic E-state index is 12.1. The molecule has 3 nitrogen and oxygen atoms in total. The predicted octanol–water partition coefficient (Wildman–Crippen LogP) is 3.91. The zero-order chi connectivity index (χ0) is 14.2. The van der Waals surface area contributed by atoms with Gasteiger partial charge in [-0.1, -0.05) is 43.3 Å². The topological polar surface area (TPSA) is 41.5 Å². The molecule has 1 aromatic rings. The average Bonchev–Trinajstić information content (AvgIpc) is 2.62. The number of halogens is 1. The lowest BCUT2D eigenvalue weighted by Crippen LogP contribution is -2.38. The van der Waals surface area contributed by atoms with Crippen molar-refractivity contribution in [1.82, 2.24) is 5.32 Å². The molecule has 0 bridgehead atoms. The summed E-state index contributed by atoms with van der Waals surface area (Å²) in [7, 11) is 0. The molecule has 1 unspecified atom stereocenters. The molecule has 1 atom stereocenters. The highest BCUT2D eigenvalue weighted by Crippen LogP contribution is 2.39. The molecule has 1 saturated heterocycles. The van der Waals surface area contributed by atoms with Crippen LogP contribution in [0.2, 0.25) is 5.02 Å². The third kappa shape index (κ3) is 2.65. The van der Waals surface area contributed by atoms with Gasteiger partial charge in [0.1, 0.15) is 4.75 Å². The number of carbonyl (C=O) groups is 1. The fourth-order valence-corrected chi connectivity index (χ4v) is 2.99. The number of amidine groups is 1. The van der Waals surface area contributed by atoms with E-state index in [0.29, 0.717) is 10.2 Å². The Hall–Kier alpha value is -1.000. The standard InChI is InChI=1S/C14H17ClN2OS/c1-8(2)14(4)12(18)17-13(19-14)16-11-7-5-6-10(15)9(11)3/h5-8H,1-4H3,(H,16,17,18). The first-order valence-corrected chi connectivity index (χ1v) is 7.38. The summed E-state index contributed by atoms with van der Waals surface area (Å²) in [6.07, 6.45) is 0. The second-order valence-corrected chi connectivity index (χ2v) is 6.96. The van der Waals surface area contributed by atoms with Crippen LogP contribution < -0.4 is 5.32 Å². The van der Waals surface area contributed by atoms with Crippen LogP contribution >= 0.6 is 23.4 Å². The van der Waals surface area contributed by atoms with E-state index in [0.717, 1.165) is 11.3 Å². The van der Waals surface area contributed by atoms with Crippen molar-refractivity contribution >= 4 is 40.1 Å². The van der Waals surface area contributed by atoms with Crippen LogP contribution in [0.25, 0.3) is 0 Å². The zero-order valence-electron chi connectivity index (χ0n) is 11.5. The second kappa shape index (κ2) is 5.17. The number of carbonyl (C=O) groups excluding carboxylic acids is 1. The monoisotopic (exact) mass is 296 g/mol. The van der Waals surface area contributed by atoms with Crippen molar-refractivity contribution < 1.29 is 4.79 Å². The predicted molar refractivity (Wildman–Crippen MR) is 82.3 cm³/mol. The fraction of sp³-hybridized carbons (Fsp3) is 0.429. The highest BCUT2D eigenvalue weighted by atomic mass is 35.5. The molecule has 1 fully saturated rings. The van der Waals surface area contributed by atoms with Gasteiger partial charge in [0.15, 0.2) is 5.17 Å². The molecular formula is C14H17ClN2OS. The van der Waals surface area contributed by atoms with Gasteiger partial charge in [0.2, 0.25) is 5.91 Å². The fourth-order valence-electron chi connectivity index (χ4n) is 1.75. The Labute approximate surface area is 122 Å². The molecule has 1 aromatic carbocycles. The number of amides is 1. The molecule has 0 radical (unpaired) electrons. The van der Waals surface area contributed by atoms with Crippen molar-refractivity contribution in [2.75, 3.05) is 0 Å².